The van der Waals surface area contributed by atoms with Gasteiger partial charge in [0.15, 0.2) is 0 Å². The highest BCUT2D eigenvalue weighted by molar-refractivity contribution is 6.10. The van der Waals surface area contributed by atoms with Crippen LogP contribution in [0.3, 0.4) is 0 Å². The van der Waals surface area contributed by atoms with E-state index in [2.05, 4.69) is 79.1 Å². The van der Waals surface area contributed by atoms with Gasteiger partial charge in [-0.05, 0) is 111 Å². The minimum atomic E-state index is -0.620. The lowest BCUT2D eigenvalue weighted by Crippen LogP contribution is -2.16. The Kier molecular flexibility index (Phi) is 5.32. The van der Waals surface area contributed by atoms with Gasteiger partial charge in [0, 0.05) is 38.9 Å². The second-order valence-corrected chi connectivity index (χ2v) is 13.9. The van der Waals surface area contributed by atoms with Gasteiger partial charge >= 0.3 is 0 Å². The zero-order valence-corrected chi connectivity index (χ0v) is 29.2. The van der Waals surface area contributed by atoms with Crippen LogP contribution < -0.4 is 4.90 Å². The molecular weight excluding hydrogens is 641 g/mol. The highest BCUT2D eigenvalue weighted by Crippen LogP contribution is 2.51. The van der Waals surface area contributed by atoms with Crippen molar-refractivity contribution in [3.8, 4) is 39.1 Å². The van der Waals surface area contributed by atoms with Gasteiger partial charge in [0.05, 0.1) is 23.4 Å². The molecule has 0 aliphatic heterocycles. The van der Waals surface area contributed by atoms with Crippen molar-refractivity contribution >= 4 is 38.9 Å². The van der Waals surface area contributed by atoms with Crippen molar-refractivity contribution in [3.05, 3.63) is 205 Å². The first kappa shape index (κ1) is 23.0. The van der Waals surface area contributed by atoms with Crippen molar-refractivity contribution in [2.24, 2.45) is 0 Å². The van der Waals surface area contributed by atoms with E-state index in [9.17, 15) is 5.48 Å². The van der Waals surface area contributed by atoms with E-state index < -0.39 is 54.4 Å². The Hall–Kier alpha value is -6.64. The fraction of sp³-hybridized carbons (Fsp3) is 0.0588. The van der Waals surface area contributed by atoms with Gasteiger partial charge in [-0.2, -0.15) is 0 Å². The monoisotopic (exact) mass is 687 g/mol. The molecule has 1 aliphatic carbocycles. The number of nitrogens with zero attached hydrogens (tertiary/aromatic N) is 2. The quantitative estimate of drug-likeness (QED) is 0.169. The van der Waals surface area contributed by atoms with Crippen molar-refractivity contribution < 1.29 is 12.3 Å². The molecule has 0 unspecified atom stereocenters. The number of hydrogen-bond donors (Lipinski definition) is 0. The number of fused-ring (bicyclic) bond motifs is 6. The molecule has 0 saturated heterocycles. The van der Waals surface area contributed by atoms with E-state index in [0.29, 0.717) is 11.4 Å². The summed E-state index contributed by atoms with van der Waals surface area (Å²) in [5, 5.41) is 2.18. The number of aromatic nitrogens is 1. The molecule has 0 fully saturated rings. The van der Waals surface area contributed by atoms with Gasteiger partial charge in [-0.25, -0.2) is 0 Å². The molecular formula is C51H38N2. The second kappa shape index (κ2) is 12.3. The summed E-state index contributed by atoms with van der Waals surface area (Å²) in [6.45, 7) is 4.34. The van der Waals surface area contributed by atoms with Crippen LogP contribution in [-0.2, 0) is 5.41 Å². The minimum absolute atomic E-state index is 0.0390. The van der Waals surface area contributed by atoms with Crippen molar-refractivity contribution in [1.29, 1.82) is 0 Å². The fourth-order valence-electron chi connectivity index (χ4n) is 7.99. The van der Waals surface area contributed by atoms with Gasteiger partial charge < -0.3 is 9.47 Å². The van der Waals surface area contributed by atoms with Crippen LogP contribution in [0.15, 0.2) is 194 Å². The highest BCUT2D eigenvalue weighted by atomic mass is 15.1. The van der Waals surface area contributed by atoms with E-state index in [-0.39, 0.29) is 22.2 Å². The summed E-state index contributed by atoms with van der Waals surface area (Å²) in [5.74, 6) is 0. The van der Waals surface area contributed by atoms with Gasteiger partial charge in [0.2, 0.25) is 0 Å². The van der Waals surface area contributed by atoms with Gasteiger partial charge in [-0.1, -0.05) is 141 Å². The molecule has 9 aromatic rings. The van der Waals surface area contributed by atoms with Crippen LogP contribution in [-0.4, -0.2) is 4.57 Å². The van der Waals surface area contributed by atoms with Crippen LogP contribution in [0.5, 0.6) is 0 Å². The lowest BCUT2D eigenvalue weighted by Gasteiger charge is -2.28. The number of para-hydroxylation sites is 2. The molecule has 0 saturated carbocycles. The normalized spacial score (nSPS) is 15.2. The standard InChI is InChI=1S/C51H38N2/c1-51(2)47-22-11-9-20-43(47)44-30-29-42(34-48(44)51)52(40-27-24-36(25-28-40)35-14-5-3-6-15-35)41-19-13-16-37(32-41)38-26-31-50-46(33-38)45-21-10-12-23-49(45)53(50)39-17-7-4-8-18-39/h3-34H,1-2H3/i3D,5D,6D,14D,15D,24D,25D,27D,28D. The van der Waals surface area contributed by atoms with Crippen LogP contribution in [0.25, 0.3) is 60.9 Å². The maximum absolute atomic E-state index is 9.55. The Morgan fingerprint density at radius 2 is 1.13 bits per heavy atom. The predicted molar refractivity (Wildman–Crippen MR) is 224 cm³/mol. The lowest BCUT2D eigenvalue weighted by molar-refractivity contribution is 0.660. The first-order chi connectivity index (χ1) is 29.8. The van der Waals surface area contributed by atoms with E-state index in [0.717, 1.165) is 55.3 Å². The van der Waals surface area contributed by atoms with Gasteiger partial charge in [-0.3, -0.25) is 0 Å². The number of benzene rings is 8. The molecule has 0 spiro atoms. The summed E-state index contributed by atoms with van der Waals surface area (Å²) < 4.78 is 82.0. The molecule has 0 atom stereocenters. The highest BCUT2D eigenvalue weighted by Gasteiger charge is 2.35. The molecule has 53 heavy (non-hydrogen) atoms. The maximum atomic E-state index is 9.55. The Morgan fingerprint density at radius 1 is 0.453 bits per heavy atom. The summed E-state index contributed by atoms with van der Waals surface area (Å²) in [5.41, 5.74) is 9.46. The van der Waals surface area contributed by atoms with Crippen molar-refractivity contribution in [2.45, 2.75) is 19.3 Å². The van der Waals surface area contributed by atoms with Gasteiger partial charge in [0.1, 0.15) is 0 Å². The summed E-state index contributed by atoms with van der Waals surface area (Å²) in [7, 11) is 0. The first-order valence-electron chi connectivity index (χ1n) is 22.2. The van der Waals surface area contributed by atoms with E-state index in [4.69, 9.17) is 6.85 Å². The predicted octanol–water partition coefficient (Wildman–Crippen LogP) is 13.9. The molecule has 0 amide bonds. The molecule has 2 heteroatoms. The molecule has 10 rings (SSSR count). The topological polar surface area (TPSA) is 8.17 Å². The van der Waals surface area contributed by atoms with Crippen molar-refractivity contribution in [2.75, 3.05) is 4.90 Å². The fourth-order valence-corrected chi connectivity index (χ4v) is 7.99. The average Bonchev–Trinajstić information content (AvgIpc) is 3.74. The summed E-state index contributed by atoms with van der Waals surface area (Å²) in [6.07, 6.45) is 0. The first-order valence-corrected chi connectivity index (χ1v) is 17.7. The largest absolute Gasteiger partial charge is 0.310 e. The second-order valence-electron chi connectivity index (χ2n) is 13.9. The SMILES string of the molecule is [2H]c1c([2H])c([2H])c(-c2c([2H])c([2H])c(N(c3cccc(-c4ccc5c(c4)c4ccccc4n5-c4ccccc4)c3)c3ccc4c(c3)C(C)(C)c3ccccc3-4)c([2H])c2[2H])c([2H])c1[2H]. The van der Waals surface area contributed by atoms with Crippen LogP contribution in [0, 0.1) is 0 Å². The molecule has 1 aliphatic rings. The zero-order chi connectivity index (χ0) is 43.4. The molecule has 0 radical (unpaired) electrons. The van der Waals surface area contributed by atoms with Crippen LogP contribution in [0.1, 0.15) is 37.3 Å². The third-order valence-electron chi connectivity index (χ3n) is 10.5. The summed E-state index contributed by atoms with van der Waals surface area (Å²) in [6, 6.07) is 42.2. The lowest BCUT2D eigenvalue weighted by atomic mass is 9.82. The van der Waals surface area contributed by atoms with Gasteiger partial charge in [0.25, 0.3) is 0 Å². The van der Waals surface area contributed by atoms with Crippen molar-refractivity contribution in [1.82, 2.24) is 4.57 Å². The summed E-state index contributed by atoms with van der Waals surface area (Å²) >= 11 is 0. The molecule has 1 aromatic heterocycles. The van der Waals surface area contributed by atoms with E-state index in [1.807, 2.05) is 78.9 Å². The molecule has 0 bridgehead atoms. The Bertz CT molecular complexity index is 3280. The minimum Gasteiger partial charge on any atom is -0.310 e. The van der Waals surface area contributed by atoms with E-state index >= 15 is 0 Å². The average molecular weight is 688 g/mol. The van der Waals surface area contributed by atoms with Crippen molar-refractivity contribution in [3.63, 3.8) is 0 Å². The van der Waals surface area contributed by atoms with Crippen LogP contribution >= 0.6 is 0 Å². The zero-order valence-electron chi connectivity index (χ0n) is 38.2. The number of anilines is 3. The van der Waals surface area contributed by atoms with E-state index in [1.165, 1.54) is 5.56 Å². The molecule has 2 nitrogen and oxygen atoms in total. The maximum Gasteiger partial charge on any atom is 0.0645 e. The Labute approximate surface area is 323 Å². The van der Waals surface area contributed by atoms with E-state index in [1.54, 1.807) is 4.90 Å². The molecule has 1 heterocycles. The number of hydrogen-bond acceptors (Lipinski definition) is 1. The molecule has 252 valence electrons. The molecule has 8 aromatic carbocycles. The van der Waals surface area contributed by atoms with Crippen LogP contribution in [0.4, 0.5) is 17.1 Å². The third-order valence-corrected chi connectivity index (χ3v) is 10.5. The third kappa shape index (κ3) is 5.10. The smallest absolute Gasteiger partial charge is 0.0645 e. The Morgan fingerprint density at radius 3 is 1.98 bits per heavy atom. The van der Waals surface area contributed by atoms with Crippen LogP contribution in [0.2, 0.25) is 0 Å². The van der Waals surface area contributed by atoms with Gasteiger partial charge in [-0.15, -0.1) is 0 Å². The Balaban J connectivity index is 1.19. The number of rotatable bonds is 6. The molecule has 0 N–H and O–H groups in total. The summed E-state index contributed by atoms with van der Waals surface area (Å²) in [4.78, 5) is 1.75.